The Hall–Kier alpha value is -3.06. The van der Waals surface area contributed by atoms with Crippen molar-refractivity contribution in [3.63, 3.8) is 0 Å². The van der Waals surface area contributed by atoms with Crippen LogP contribution in [0.5, 0.6) is 0 Å². The van der Waals surface area contributed by atoms with Crippen molar-refractivity contribution >= 4 is 22.8 Å². The minimum Gasteiger partial charge on any atom is -0.387 e. The van der Waals surface area contributed by atoms with Gasteiger partial charge in [0, 0.05) is 44.1 Å². The Kier molecular flexibility index (Phi) is 4.49. The lowest BCUT2D eigenvalue weighted by molar-refractivity contribution is -0.140. The maximum absolute atomic E-state index is 12.9. The summed E-state index contributed by atoms with van der Waals surface area (Å²) in [5.41, 5.74) is 8.18. The third kappa shape index (κ3) is 3.13. The highest BCUT2D eigenvalue weighted by molar-refractivity contribution is 5.99. The number of aromatic nitrogens is 5. The number of aryl methyl sites for hydroxylation is 1. The Morgan fingerprint density at radius 1 is 1.30 bits per heavy atom. The highest BCUT2D eigenvalue weighted by atomic mass is 16.6. The molecular formula is C21H26N8O4. The number of nitrogens with one attached hydrogen (secondary N) is 2. The first-order chi connectivity index (χ1) is 15.8. The zero-order chi connectivity index (χ0) is 22.9. The lowest BCUT2D eigenvalue weighted by atomic mass is 9.61. The van der Waals surface area contributed by atoms with Crippen LogP contribution in [-0.2, 0) is 16.6 Å². The number of carbonyl (C=O) groups excluding carboxylic acids is 1. The van der Waals surface area contributed by atoms with Crippen molar-refractivity contribution in [1.82, 2.24) is 34.9 Å². The van der Waals surface area contributed by atoms with Crippen molar-refractivity contribution in [1.29, 1.82) is 0 Å². The fourth-order valence-electron chi connectivity index (χ4n) is 5.30. The van der Waals surface area contributed by atoms with Crippen molar-refractivity contribution in [3.8, 4) is 11.3 Å². The SMILES string of the molecule is Cn1ccc(-c2cn([C@@H]3O[C@H](C(=O)NC4CC5(CNC5)C4)[C@@H](O)[C@H]3O)c3ncnc(N)c23)n1. The van der Waals surface area contributed by atoms with Gasteiger partial charge >= 0.3 is 0 Å². The summed E-state index contributed by atoms with van der Waals surface area (Å²) in [6, 6.07) is 1.88. The quantitative estimate of drug-likeness (QED) is 0.329. The second-order valence-corrected chi connectivity index (χ2v) is 9.43. The Bertz CT molecular complexity index is 1230. The van der Waals surface area contributed by atoms with Crippen LogP contribution in [0.2, 0.25) is 0 Å². The topological polar surface area (TPSA) is 165 Å². The molecule has 3 aromatic rings. The molecule has 33 heavy (non-hydrogen) atoms. The number of nitrogen functional groups attached to an aromatic ring is 1. The fraction of sp³-hybridized carbons (Fsp3) is 0.524. The summed E-state index contributed by atoms with van der Waals surface area (Å²) in [6.07, 6.45) is 1.69. The Balaban J connectivity index is 1.28. The number of fused-ring (bicyclic) bond motifs is 1. The summed E-state index contributed by atoms with van der Waals surface area (Å²) in [4.78, 5) is 21.3. The zero-order valence-corrected chi connectivity index (χ0v) is 18.0. The number of amides is 1. The Labute approximate surface area is 188 Å². The number of aliphatic hydroxyl groups is 2. The third-order valence-corrected chi connectivity index (χ3v) is 7.10. The van der Waals surface area contributed by atoms with Gasteiger partial charge in [-0.15, -0.1) is 0 Å². The average Bonchev–Trinajstić information content (AvgIpc) is 3.40. The van der Waals surface area contributed by atoms with Gasteiger partial charge < -0.3 is 35.9 Å². The standard InChI is InChI=1S/C21H26N8O4/c1-28-3-2-12(27-28)11-6-29(18-13(11)17(22)24-9-25-18)20-15(31)14(30)16(33-20)19(32)26-10-4-21(5-10)7-23-8-21/h2-3,6,9-10,14-16,20,23,30-31H,4-5,7-8H2,1H3,(H,26,32)(H2,22,24,25)/t14-,15+,16-,20+/m0/s1. The van der Waals surface area contributed by atoms with Crippen LogP contribution < -0.4 is 16.4 Å². The van der Waals surface area contributed by atoms with Gasteiger partial charge in [0.1, 0.15) is 30.0 Å². The normalized spacial score (nSPS) is 28.7. The number of hydrogen-bond acceptors (Lipinski definition) is 9. The smallest absolute Gasteiger partial charge is 0.252 e. The predicted molar refractivity (Wildman–Crippen MR) is 117 cm³/mol. The van der Waals surface area contributed by atoms with Gasteiger partial charge in [-0.1, -0.05) is 0 Å². The van der Waals surface area contributed by atoms with Gasteiger partial charge in [0.2, 0.25) is 0 Å². The van der Waals surface area contributed by atoms with Crippen LogP contribution in [-0.4, -0.2) is 77.9 Å². The van der Waals surface area contributed by atoms with Crippen molar-refractivity contribution in [3.05, 3.63) is 24.8 Å². The first-order valence-corrected chi connectivity index (χ1v) is 11.0. The van der Waals surface area contributed by atoms with Crippen LogP contribution in [0.15, 0.2) is 24.8 Å². The molecule has 2 saturated heterocycles. The molecule has 12 heteroatoms. The molecule has 6 N–H and O–H groups in total. The number of anilines is 1. The molecule has 0 aromatic carbocycles. The maximum Gasteiger partial charge on any atom is 0.252 e. The molecule has 6 rings (SSSR count). The van der Waals surface area contributed by atoms with E-state index in [-0.39, 0.29) is 11.9 Å². The Morgan fingerprint density at radius 3 is 2.76 bits per heavy atom. The summed E-state index contributed by atoms with van der Waals surface area (Å²) in [7, 11) is 1.80. The average molecular weight is 454 g/mol. The van der Waals surface area contributed by atoms with Crippen molar-refractivity contribution in [2.24, 2.45) is 12.5 Å². The van der Waals surface area contributed by atoms with E-state index in [0.717, 1.165) is 25.9 Å². The van der Waals surface area contributed by atoms with Gasteiger partial charge in [-0.05, 0) is 24.3 Å². The largest absolute Gasteiger partial charge is 0.387 e. The van der Waals surface area contributed by atoms with E-state index in [9.17, 15) is 15.0 Å². The summed E-state index contributed by atoms with van der Waals surface area (Å²) >= 11 is 0. The van der Waals surface area contributed by atoms with Gasteiger partial charge in [-0.25, -0.2) is 9.97 Å². The van der Waals surface area contributed by atoms with E-state index in [4.69, 9.17) is 10.5 Å². The predicted octanol–water partition coefficient (Wildman–Crippen LogP) is -1.10. The molecule has 5 heterocycles. The summed E-state index contributed by atoms with van der Waals surface area (Å²) in [5.74, 6) is -0.169. The molecule has 3 fully saturated rings. The first kappa shape index (κ1) is 20.5. The number of nitrogens with two attached hydrogens (primary N) is 1. The fourth-order valence-corrected chi connectivity index (χ4v) is 5.30. The molecule has 0 unspecified atom stereocenters. The van der Waals surface area contributed by atoms with Crippen LogP contribution in [0, 0.1) is 5.41 Å². The number of carbonyl (C=O) groups is 1. The molecule has 2 aliphatic heterocycles. The van der Waals surface area contributed by atoms with Gasteiger partial charge in [0.15, 0.2) is 12.3 Å². The molecule has 1 saturated carbocycles. The van der Waals surface area contributed by atoms with Crippen molar-refractivity contribution in [2.45, 2.75) is 43.4 Å². The van der Waals surface area contributed by atoms with Crippen molar-refractivity contribution < 1.29 is 19.7 Å². The molecule has 174 valence electrons. The number of nitrogens with zero attached hydrogens (tertiary/aromatic N) is 5. The van der Waals surface area contributed by atoms with Gasteiger partial charge in [-0.2, -0.15) is 5.10 Å². The van der Waals surface area contributed by atoms with E-state index in [0.29, 0.717) is 27.7 Å². The first-order valence-electron chi connectivity index (χ1n) is 11.0. The van der Waals surface area contributed by atoms with E-state index in [2.05, 4.69) is 25.7 Å². The highest BCUT2D eigenvalue weighted by Gasteiger charge is 2.52. The second-order valence-electron chi connectivity index (χ2n) is 9.43. The minimum absolute atomic E-state index is 0.0577. The zero-order valence-electron chi connectivity index (χ0n) is 18.0. The number of ether oxygens (including phenoxy) is 1. The number of hydrogen-bond donors (Lipinski definition) is 5. The van der Waals surface area contributed by atoms with Crippen LogP contribution in [0.25, 0.3) is 22.3 Å². The summed E-state index contributed by atoms with van der Waals surface area (Å²) in [5, 5.41) is 32.7. The lowest BCUT2D eigenvalue weighted by Crippen LogP contribution is -2.65. The van der Waals surface area contributed by atoms with Crippen LogP contribution in [0.3, 0.4) is 0 Å². The van der Waals surface area contributed by atoms with Crippen molar-refractivity contribution in [2.75, 3.05) is 18.8 Å². The molecule has 3 aliphatic rings. The van der Waals surface area contributed by atoms with E-state index in [1.807, 2.05) is 6.07 Å². The molecule has 3 aromatic heterocycles. The molecule has 4 atom stereocenters. The number of rotatable bonds is 4. The minimum atomic E-state index is -1.38. The van der Waals surface area contributed by atoms with Gasteiger partial charge in [-0.3, -0.25) is 9.48 Å². The van der Waals surface area contributed by atoms with Crippen LogP contribution >= 0.6 is 0 Å². The number of aliphatic hydroxyl groups excluding tert-OH is 2. The van der Waals surface area contributed by atoms with E-state index in [1.165, 1.54) is 6.33 Å². The molecule has 1 spiro atoms. The maximum atomic E-state index is 12.9. The molecule has 0 radical (unpaired) electrons. The van der Waals surface area contributed by atoms with Crippen LogP contribution in [0.1, 0.15) is 19.1 Å². The second kappa shape index (κ2) is 7.22. The molecular weight excluding hydrogens is 428 g/mol. The van der Waals surface area contributed by atoms with E-state index >= 15 is 0 Å². The highest BCUT2D eigenvalue weighted by Crippen LogP contribution is 2.44. The van der Waals surface area contributed by atoms with Gasteiger partial charge in [0.05, 0.1) is 11.1 Å². The monoisotopic (exact) mass is 454 g/mol. The van der Waals surface area contributed by atoms with Crippen LogP contribution in [0.4, 0.5) is 5.82 Å². The molecule has 1 amide bonds. The molecule has 0 bridgehead atoms. The summed E-state index contributed by atoms with van der Waals surface area (Å²) in [6.45, 7) is 1.96. The third-order valence-electron chi connectivity index (χ3n) is 7.10. The lowest BCUT2D eigenvalue weighted by Gasteiger charge is -2.54. The van der Waals surface area contributed by atoms with E-state index < -0.39 is 30.4 Å². The molecule has 1 aliphatic carbocycles. The summed E-state index contributed by atoms with van der Waals surface area (Å²) < 4.78 is 9.15. The molecule has 12 nitrogen and oxygen atoms in total. The Morgan fingerprint density at radius 2 is 2.09 bits per heavy atom. The van der Waals surface area contributed by atoms with Gasteiger partial charge in [0.25, 0.3) is 5.91 Å². The van der Waals surface area contributed by atoms with E-state index in [1.54, 1.807) is 28.7 Å².